The first kappa shape index (κ1) is 16.2. The summed E-state index contributed by atoms with van der Waals surface area (Å²) in [5.41, 5.74) is 0.459. The van der Waals surface area contributed by atoms with E-state index in [0.29, 0.717) is 12.2 Å². The zero-order valence-corrected chi connectivity index (χ0v) is 12.7. The standard InChI is InChI=1S/C15H22N4O3/c1-11-12(6-4-9-16-11)18-15(20)8-10-17-13-5-2-3-7-14(13)19(21)22/h2-3,5,7,11-12,16-17H,4,6,8-10H2,1H3,(H,18,20). The van der Waals surface area contributed by atoms with Crippen molar-refractivity contribution in [2.24, 2.45) is 0 Å². The largest absolute Gasteiger partial charge is 0.379 e. The Morgan fingerprint density at radius 3 is 2.95 bits per heavy atom. The molecular weight excluding hydrogens is 284 g/mol. The summed E-state index contributed by atoms with van der Waals surface area (Å²) in [5, 5.41) is 20.2. The van der Waals surface area contributed by atoms with Crippen molar-refractivity contribution in [1.29, 1.82) is 0 Å². The summed E-state index contributed by atoms with van der Waals surface area (Å²) in [7, 11) is 0. The maximum absolute atomic E-state index is 12.0. The Hall–Kier alpha value is -2.15. The van der Waals surface area contributed by atoms with Gasteiger partial charge in [0.2, 0.25) is 5.91 Å². The summed E-state index contributed by atoms with van der Waals surface area (Å²) in [6.07, 6.45) is 2.33. The van der Waals surface area contributed by atoms with Crippen molar-refractivity contribution in [2.75, 3.05) is 18.4 Å². The number of nitro benzene ring substituents is 1. The minimum Gasteiger partial charge on any atom is -0.379 e. The highest BCUT2D eigenvalue weighted by molar-refractivity contribution is 5.77. The number of carbonyl (C=O) groups is 1. The number of hydrogen-bond acceptors (Lipinski definition) is 5. The van der Waals surface area contributed by atoms with Crippen LogP contribution in [0.4, 0.5) is 11.4 Å². The number of anilines is 1. The Balaban J connectivity index is 1.78. The lowest BCUT2D eigenvalue weighted by Gasteiger charge is -2.30. The van der Waals surface area contributed by atoms with Crippen LogP contribution in [-0.2, 0) is 4.79 Å². The van der Waals surface area contributed by atoms with Crippen molar-refractivity contribution in [3.8, 4) is 0 Å². The molecule has 7 nitrogen and oxygen atoms in total. The minimum atomic E-state index is -0.433. The number of amides is 1. The lowest BCUT2D eigenvalue weighted by Crippen LogP contribution is -2.52. The van der Waals surface area contributed by atoms with Crippen LogP contribution in [0.1, 0.15) is 26.2 Å². The summed E-state index contributed by atoms with van der Waals surface area (Å²) in [5.74, 6) is -0.0355. The van der Waals surface area contributed by atoms with Gasteiger partial charge in [0.1, 0.15) is 5.69 Å². The molecule has 1 aliphatic heterocycles. The first-order valence-electron chi connectivity index (χ1n) is 7.58. The molecule has 0 aliphatic carbocycles. The van der Waals surface area contributed by atoms with Crippen LogP contribution in [0.25, 0.3) is 0 Å². The van der Waals surface area contributed by atoms with Crippen molar-refractivity contribution in [1.82, 2.24) is 10.6 Å². The second kappa shape index (κ2) is 7.74. The predicted molar refractivity (Wildman–Crippen MR) is 84.8 cm³/mol. The number of benzene rings is 1. The van der Waals surface area contributed by atoms with Gasteiger partial charge in [0.25, 0.3) is 5.69 Å². The van der Waals surface area contributed by atoms with Gasteiger partial charge in [0.15, 0.2) is 0 Å². The lowest BCUT2D eigenvalue weighted by atomic mass is 10.00. The zero-order valence-electron chi connectivity index (χ0n) is 12.7. The molecule has 0 spiro atoms. The highest BCUT2D eigenvalue weighted by atomic mass is 16.6. The normalized spacial score (nSPS) is 21.1. The number of hydrogen-bond donors (Lipinski definition) is 3. The number of rotatable bonds is 6. The van der Waals surface area contributed by atoms with E-state index < -0.39 is 4.92 Å². The Kier molecular flexibility index (Phi) is 5.71. The van der Waals surface area contributed by atoms with Crippen LogP contribution in [0.3, 0.4) is 0 Å². The first-order chi connectivity index (χ1) is 10.6. The molecule has 2 atom stereocenters. The molecule has 1 amide bonds. The first-order valence-corrected chi connectivity index (χ1v) is 7.58. The Morgan fingerprint density at radius 1 is 1.45 bits per heavy atom. The summed E-state index contributed by atoms with van der Waals surface area (Å²) >= 11 is 0. The molecule has 120 valence electrons. The summed E-state index contributed by atoms with van der Waals surface area (Å²) < 4.78 is 0. The molecule has 0 bridgehead atoms. The maximum Gasteiger partial charge on any atom is 0.292 e. The van der Waals surface area contributed by atoms with Crippen molar-refractivity contribution in [3.63, 3.8) is 0 Å². The molecule has 1 aliphatic rings. The van der Waals surface area contributed by atoms with Gasteiger partial charge in [-0.3, -0.25) is 14.9 Å². The Morgan fingerprint density at radius 2 is 2.23 bits per heavy atom. The topological polar surface area (TPSA) is 96.3 Å². The van der Waals surface area contributed by atoms with Crippen molar-refractivity contribution >= 4 is 17.3 Å². The van der Waals surface area contributed by atoms with Crippen LogP contribution < -0.4 is 16.0 Å². The molecule has 0 radical (unpaired) electrons. The van der Waals surface area contributed by atoms with Gasteiger partial charge in [-0.15, -0.1) is 0 Å². The average Bonchev–Trinajstić information content (AvgIpc) is 2.50. The Labute approximate surface area is 129 Å². The van der Waals surface area contributed by atoms with E-state index in [0.717, 1.165) is 19.4 Å². The highest BCUT2D eigenvalue weighted by Gasteiger charge is 2.22. The summed E-state index contributed by atoms with van der Waals surface area (Å²) in [6, 6.07) is 6.87. The van der Waals surface area contributed by atoms with E-state index in [2.05, 4.69) is 22.9 Å². The molecule has 22 heavy (non-hydrogen) atoms. The molecule has 1 aromatic rings. The smallest absolute Gasteiger partial charge is 0.292 e. The maximum atomic E-state index is 12.0. The molecular formula is C15H22N4O3. The minimum absolute atomic E-state index is 0.0213. The van der Waals surface area contributed by atoms with E-state index in [-0.39, 0.29) is 30.1 Å². The molecule has 1 aromatic carbocycles. The third-order valence-corrected chi connectivity index (χ3v) is 3.88. The predicted octanol–water partition coefficient (Wildman–Crippen LogP) is 1.65. The summed E-state index contributed by atoms with van der Waals surface area (Å²) in [6.45, 7) is 3.42. The van der Waals surface area contributed by atoms with Gasteiger partial charge in [0.05, 0.1) is 4.92 Å². The number of para-hydroxylation sites is 2. The van der Waals surface area contributed by atoms with Crippen LogP contribution in [0.15, 0.2) is 24.3 Å². The van der Waals surface area contributed by atoms with Crippen molar-refractivity contribution < 1.29 is 9.72 Å². The monoisotopic (exact) mass is 306 g/mol. The Bertz CT molecular complexity index is 535. The van der Waals surface area contributed by atoms with Gasteiger partial charge in [-0.25, -0.2) is 0 Å². The average molecular weight is 306 g/mol. The van der Waals surface area contributed by atoms with Gasteiger partial charge in [-0.1, -0.05) is 12.1 Å². The van der Waals surface area contributed by atoms with Crippen LogP contribution >= 0.6 is 0 Å². The number of nitrogens with one attached hydrogen (secondary N) is 3. The SMILES string of the molecule is CC1NCCCC1NC(=O)CCNc1ccccc1[N+](=O)[O-]. The van der Waals surface area contributed by atoms with Gasteiger partial charge in [0, 0.05) is 31.1 Å². The number of nitrogens with zero attached hydrogens (tertiary/aromatic N) is 1. The summed E-state index contributed by atoms with van der Waals surface area (Å²) in [4.78, 5) is 22.4. The second-order valence-electron chi connectivity index (χ2n) is 5.51. The number of nitro groups is 1. The van der Waals surface area contributed by atoms with Crippen LogP contribution in [0.5, 0.6) is 0 Å². The fourth-order valence-corrected chi connectivity index (χ4v) is 2.61. The number of piperidine rings is 1. The van der Waals surface area contributed by atoms with E-state index in [1.54, 1.807) is 18.2 Å². The fourth-order valence-electron chi connectivity index (χ4n) is 2.61. The van der Waals surface area contributed by atoms with E-state index >= 15 is 0 Å². The molecule has 2 unspecified atom stereocenters. The zero-order chi connectivity index (χ0) is 15.9. The molecule has 0 saturated carbocycles. The third-order valence-electron chi connectivity index (χ3n) is 3.88. The molecule has 1 heterocycles. The van der Waals surface area contributed by atoms with Crippen molar-refractivity contribution in [3.05, 3.63) is 34.4 Å². The second-order valence-corrected chi connectivity index (χ2v) is 5.51. The van der Waals surface area contributed by atoms with E-state index in [4.69, 9.17) is 0 Å². The van der Waals surface area contributed by atoms with Gasteiger partial charge < -0.3 is 16.0 Å². The highest BCUT2D eigenvalue weighted by Crippen LogP contribution is 2.22. The fraction of sp³-hybridized carbons (Fsp3) is 0.533. The van der Waals surface area contributed by atoms with Crippen LogP contribution in [0, 0.1) is 10.1 Å². The quantitative estimate of drug-likeness (QED) is 0.548. The van der Waals surface area contributed by atoms with E-state index in [9.17, 15) is 14.9 Å². The molecule has 3 N–H and O–H groups in total. The molecule has 2 rings (SSSR count). The molecule has 0 aromatic heterocycles. The van der Waals surface area contributed by atoms with Crippen LogP contribution in [0.2, 0.25) is 0 Å². The molecule has 7 heteroatoms. The van der Waals surface area contributed by atoms with Crippen LogP contribution in [-0.4, -0.2) is 36.0 Å². The van der Waals surface area contributed by atoms with E-state index in [1.807, 2.05) is 0 Å². The molecule has 1 fully saturated rings. The van der Waals surface area contributed by atoms with Gasteiger partial charge in [-0.2, -0.15) is 0 Å². The van der Waals surface area contributed by atoms with Crippen molar-refractivity contribution in [2.45, 2.75) is 38.3 Å². The van der Waals surface area contributed by atoms with E-state index in [1.165, 1.54) is 6.07 Å². The lowest BCUT2D eigenvalue weighted by molar-refractivity contribution is -0.384. The van der Waals surface area contributed by atoms with Gasteiger partial charge >= 0.3 is 0 Å². The number of carbonyl (C=O) groups excluding carboxylic acids is 1. The molecule has 1 saturated heterocycles. The van der Waals surface area contributed by atoms with Gasteiger partial charge in [-0.05, 0) is 32.4 Å². The third kappa shape index (κ3) is 4.42.